The molecular weight excluding hydrogens is 434 g/mol. The maximum Gasteiger partial charge on any atom is 0.224 e. The summed E-state index contributed by atoms with van der Waals surface area (Å²) in [5.41, 5.74) is 6.25. The molecule has 1 aliphatic rings. The monoisotopic (exact) mass is 467 g/mol. The summed E-state index contributed by atoms with van der Waals surface area (Å²) in [6.45, 7) is 9.68. The van der Waals surface area contributed by atoms with Gasteiger partial charge in [0.2, 0.25) is 5.91 Å². The van der Waals surface area contributed by atoms with Crippen LogP contribution in [0.1, 0.15) is 24.7 Å². The molecule has 6 heteroatoms. The summed E-state index contributed by atoms with van der Waals surface area (Å²) in [5, 5.41) is 3.12. The van der Waals surface area contributed by atoms with Crippen LogP contribution in [0.2, 0.25) is 0 Å². The molecule has 4 aromatic rings. The van der Waals surface area contributed by atoms with Crippen molar-refractivity contribution in [1.82, 2.24) is 14.5 Å². The van der Waals surface area contributed by atoms with E-state index in [2.05, 4.69) is 63.9 Å². The Morgan fingerprint density at radius 2 is 1.66 bits per heavy atom. The molecule has 5 rings (SSSR count). The van der Waals surface area contributed by atoms with E-state index in [9.17, 15) is 4.79 Å². The molecule has 35 heavy (non-hydrogen) atoms. The lowest BCUT2D eigenvalue weighted by Crippen LogP contribution is -2.46. The Morgan fingerprint density at radius 3 is 2.40 bits per heavy atom. The van der Waals surface area contributed by atoms with Gasteiger partial charge in [0.1, 0.15) is 5.82 Å². The van der Waals surface area contributed by atoms with Crippen LogP contribution in [0.5, 0.6) is 0 Å². The Labute approximate surface area is 207 Å². The van der Waals surface area contributed by atoms with E-state index >= 15 is 0 Å². The lowest BCUT2D eigenvalue weighted by Gasteiger charge is -2.35. The third-order valence-electron chi connectivity index (χ3n) is 6.89. The van der Waals surface area contributed by atoms with E-state index in [-0.39, 0.29) is 5.91 Å². The minimum atomic E-state index is 0.00378. The highest BCUT2D eigenvalue weighted by Crippen LogP contribution is 2.25. The molecule has 6 nitrogen and oxygen atoms in total. The van der Waals surface area contributed by atoms with Crippen LogP contribution in [-0.4, -0.2) is 53.1 Å². The predicted molar refractivity (Wildman–Crippen MR) is 144 cm³/mol. The van der Waals surface area contributed by atoms with Gasteiger partial charge in [-0.05, 0) is 61.5 Å². The van der Waals surface area contributed by atoms with Crippen LogP contribution in [0, 0.1) is 6.92 Å². The molecule has 0 radical (unpaired) electrons. The van der Waals surface area contributed by atoms with Crippen molar-refractivity contribution in [3.8, 4) is 5.69 Å². The van der Waals surface area contributed by atoms with Gasteiger partial charge in [0.05, 0.1) is 11.0 Å². The van der Waals surface area contributed by atoms with Gasteiger partial charge in [-0.2, -0.15) is 0 Å². The zero-order valence-electron chi connectivity index (χ0n) is 20.6. The first-order valence-corrected chi connectivity index (χ1v) is 12.5. The third kappa shape index (κ3) is 5.08. The Balaban J connectivity index is 1.26. The number of carbonyl (C=O) groups is 1. The van der Waals surface area contributed by atoms with Crippen LogP contribution in [0.3, 0.4) is 0 Å². The number of nitrogens with one attached hydrogen (secondary N) is 1. The Bertz CT molecular complexity index is 1310. The molecule has 1 aliphatic heterocycles. The summed E-state index contributed by atoms with van der Waals surface area (Å²) in [6, 6.07) is 24.7. The molecule has 0 aliphatic carbocycles. The van der Waals surface area contributed by atoms with Crippen molar-refractivity contribution in [2.24, 2.45) is 0 Å². The number of benzene rings is 3. The molecular formula is C29H33N5O. The number of para-hydroxylation sites is 3. The van der Waals surface area contributed by atoms with Gasteiger partial charge in [0.15, 0.2) is 0 Å². The molecule has 0 unspecified atom stereocenters. The SMILES string of the molecule is CCN1CCN(c2ccc(NC(=O)CCc3nc4ccccc4n3-c3ccccc3)c(C)c2)CC1. The largest absolute Gasteiger partial charge is 0.369 e. The number of fused-ring (bicyclic) bond motifs is 1. The standard InChI is InChI=1S/C29H33N5O/c1-3-32-17-19-33(20-18-32)24-13-14-25(22(2)21-24)31-29(35)16-15-28-30-26-11-7-8-12-27(26)34(28)23-9-5-4-6-10-23/h4-14,21H,3,15-20H2,1-2H3,(H,31,35). The van der Waals surface area contributed by atoms with Gasteiger partial charge in [0, 0.05) is 56.1 Å². The molecule has 1 fully saturated rings. The molecule has 0 saturated carbocycles. The summed E-state index contributed by atoms with van der Waals surface area (Å²) in [6.07, 6.45) is 0.935. The predicted octanol–water partition coefficient (Wildman–Crippen LogP) is 5.05. The minimum Gasteiger partial charge on any atom is -0.369 e. The number of rotatable bonds is 7. The van der Waals surface area contributed by atoms with Gasteiger partial charge in [-0.15, -0.1) is 0 Å². The van der Waals surface area contributed by atoms with Crippen LogP contribution in [0.25, 0.3) is 16.7 Å². The van der Waals surface area contributed by atoms with Gasteiger partial charge in [0.25, 0.3) is 0 Å². The van der Waals surface area contributed by atoms with E-state index in [0.29, 0.717) is 12.8 Å². The number of likely N-dealkylation sites (N-methyl/N-ethyl adjacent to an activating group) is 1. The molecule has 1 aromatic heterocycles. The summed E-state index contributed by atoms with van der Waals surface area (Å²) >= 11 is 0. The summed E-state index contributed by atoms with van der Waals surface area (Å²) in [5.74, 6) is 0.898. The number of piperazine rings is 1. The van der Waals surface area contributed by atoms with E-state index in [0.717, 1.165) is 66.5 Å². The van der Waals surface area contributed by atoms with E-state index in [1.807, 2.05) is 42.5 Å². The topological polar surface area (TPSA) is 53.4 Å². The summed E-state index contributed by atoms with van der Waals surface area (Å²) < 4.78 is 2.15. The summed E-state index contributed by atoms with van der Waals surface area (Å²) in [4.78, 5) is 22.6. The quantitative estimate of drug-likeness (QED) is 0.413. The number of hydrogen-bond donors (Lipinski definition) is 1. The van der Waals surface area contributed by atoms with E-state index < -0.39 is 0 Å². The van der Waals surface area contributed by atoms with Crippen molar-refractivity contribution in [2.75, 3.05) is 42.9 Å². The third-order valence-corrected chi connectivity index (χ3v) is 6.89. The normalized spacial score (nSPS) is 14.4. The average molecular weight is 468 g/mol. The Hall–Kier alpha value is -3.64. The maximum absolute atomic E-state index is 12.9. The van der Waals surface area contributed by atoms with Crippen molar-refractivity contribution in [2.45, 2.75) is 26.7 Å². The molecule has 0 spiro atoms. The van der Waals surface area contributed by atoms with E-state index in [1.54, 1.807) is 0 Å². The molecule has 1 amide bonds. The van der Waals surface area contributed by atoms with Gasteiger partial charge >= 0.3 is 0 Å². The van der Waals surface area contributed by atoms with Gasteiger partial charge < -0.3 is 15.1 Å². The molecule has 0 atom stereocenters. The number of carbonyl (C=O) groups excluding carboxylic acids is 1. The first-order valence-electron chi connectivity index (χ1n) is 12.5. The fraction of sp³-hybridized carbons (Fsp3) is 0.310. The van der Waals surface area contributed by atoms with Crippen molar-refractivity contribution in [1.29, 1.82) is 0 Å². The number of aromatic nitrogens is 2. The van der Waals surface area contributed by atoms with Gasteiger partial charge in [-0.25, -0.2) is 4.98 Å². The van der Waals surface area contributed by atoms with E-state index in [1.165, 1.54) is 5.69 Å². The van der Waals surface area contributed by atoms with Gasteiger partial charge in [-0.3, -0.25) is 9.36 Å². The number of aryl methyl sites for hydroxylation is 2. The van der Waals surface area contributed by atoms with Gasteiger partial charge in [-0.1, -0.05) is 37.3 Å². The Kier molecular flexibility index (Phi) is 6.82. The Morgan fingerprint density at radius 1 is 0.914 bits per heavy atom. The highest BCUT2D eigenvalue weighted by atomic mass is 16.1. The minimum absolute atomic E-state index is 0.00378. The van der Waals surface area contributed by atoms with Crippen LogP contribution in [-0.2, 0) is 11.2 Å². The second-order valence-corrected chi connectivity index (χ2v) is 9.16. The second kappa shape index (κ2) is 10.3. The average Bonchev–Trinajstić information content (AvgIpc) is 3.27. The zero-order valence-corrected chi connectivity index (χ0v) is 20.6. The number of hydrogen-bond acceptors (Lipinski definition) is 4. The van der Waals surface area contributed by atoms with Crippen molar-refractivity contribution in [3.05, 3.63) is 84.2 Å². The van der Waals surface area contributed by atoms with Crippen molar-refractivity contribution in [3.63, 3.8) is 0 Å². The zero-order chi connectivity index (χ0) is 24.2. The molecule has 2 heterocycles. The maximum atomic E-state index is 12.9. The lowest BCUT2D eigenvalue weighted by molar-refractivity contribution is -0.116. The first-order chi connectivity index (χ1) is 17.1. The fourth-order valence-corrected chi connectivity index (χ4v) is 4.85. The number of imidazole rings is 1. The fourth-order valence-electron chi connectivity index (χ4n) is 4.85. The molecule has 180 valence electrons. The van der Waals surface area contributed by atoms with Crippen LogP contribution >= 0.6 is 0 Å². The molecule has 0 bridgehead atoms. The molecule has 1 saturated heterocycles. The highest BCUT2D eigenvalue weighted by Gasteiger charge is 2.17. The second-order valence-electron chi connectivity index (χ2n) is 9.16. The van der Waals surface area contributed by atoms with Crippen LogP contribution in [0.4, 0.5) is 11.4 Å². The highest BCUT2D eigenvalue weighted by molar-refractivity contribution is 5.92. The summed E-state index contributed by atoms with van der Waals surface area (Å²) in [7, 11) is 0. The smallest absolute Gasteiger partial charge is 0.224 e. The first kappa shape index (κ1) is 23.1. The molecule has 1 N–H and O–H groups in total. The van der Waals surface area contributed by atoms with E-state index in [4.69, 9.17) is 4.98 Å². The number of nitrogens with zero attached hydrogens (tertiary/aromatic N) is 4. The van der Waals surface area contributed by atoms with Crippen LogP contribution in [0.15, 0.2) is 72.8 Å². The number of anilines is 2. The number of amides is 1. The van der Waals surface area contributed by atoms with Crippen molar-refractivity contribution >= 4 is 28.3 Å². The lowest BCUT2D eigenvalue weighted by atomic mass is 10.1. The van der Waals surface area contributed by atoms with Crippen LogP contribution < -0.4 is 10.2 Å². The molecule has 3 aromatic carbocycles. The van der Waals surface area contributed by atoms with Crippen molar-refractivity contribution < 1.29 is 4.79 Å².